The summed E-state index contributed by atoms with van der Waals surface area (Å²) < 4.78 is 18.9. The smallest absolute Gasteiger partial charge is 0.254 e. The molecule has 1 atom stereocenters. The number of imidazole rings is 1. The van der Waals surface area contributed by atoms with Crippen LogP contribution < -0.4 is 19.1 Å². The number of carbonyl (C=O) groups is 1. The Morgan fingerprint density at radius 2 is 1.62 bits per heavy atom. The van der Waals surface area contributed by atoms with Crippen LogP contribution in [0.25, 0.3) is 11.0 Å². The molecule has 2 aliphatic rings. The highest BCUT2D eigenvalue weighted by Crippen LogP contribution is 2.41. The Kier molecular flexibility index (Phi) is 12.5. The normalized spacial score (nSPS) is 18.0. The van der Waals surface area contributed by atoms with Crippen molar-refractivity contribution in [3.05, 3.63) is 77.9 Å². The van der Waals surface area contributed by atoms with Crippen molar-refractivity contribution in [1.29, 1.82) is 5.26 Å². The van der Waals surface area contributed by atoms with Crippen LogP contribution in [-0.4, -0.2) is 92.4 Å². The van der Waals surface area contributed by atoms with Crippen LogP contribution in [0.2, 0.25) is 0 Å². The lowest BCUT2D eigenvalue weighted by atomic mass is 9.76. The van der Waals surface area contributed by atoms with Crippen molar-refractivity contribution >= 4 is 35.3 Å². The number of ether oxygens (including phenoxy) is 3. The summed E-state index contributed by atoms with van der Waals surface area (Å²) >= 11 is 0. The molecule has 0 bridgehead atoms. The van der Waals surface area contributed by atoms with Crippen molar-refractivity contribution in [1.82, 2.24) is 19.4 Å². The van der Waals surface area contributed by atoms with Crippen molar-refractivity contribution in [3.8, 4) is 23.3 Å². The minimum atomic E-state index is -0.138. The van der Waals surface area contributed by atoms with E-state index in [4.69, 9.17) is 24.5 Å². The van der Waals surface area contributed by atoms with Gasteiger partial charge >= 0.3 is 0 Å². The van der Waals surface area contributed by atoms with Crippen LogP contribution in [0.4, 0.5) is 5.95 Å². The van der Waals surface area contributed by atoms with Gasteiger partial charge in [-0.2, -0.15) is 5.26 Å². The highest BCUT2D eigenvalue weighted by molar-refractivity contribution is 5.96. The van der Waals surface area contributed by atoms with Crippen molar-refractivity contribution < 1.29 is 19.0 Å². The minimum absolute atomic E-state index is 0. The summed E-state index contributed by atoms with van der Waals surface area (Å²) in [4.78, 5) is 26.1. The second kappa shape index (κ2) is 17.0. The van der Waals surface area contributed by atoms with Gasteiger partial charge in [0.1, 0.15) is 0 Å². The molecule has 0 radical (unpaired) electrons. The van der Waals surface area contributed by atoms with Gasteiger partial charge in [0, 0.05) is 56.7 Å². The summed E-state index contributed by atoms with van der Waals surface area (Å²) in [6, 6.07) is 24.9. The van der Waals surface area contributed by atoms with E-state index in [9.17, 15) is 4.79 Å². The average molecular weight is 701 g/mol. The van der Waals surface area contributed by atoms with Crippen LogP contribution in [0.3, 0.4) is 0 Å². The number of rotatable bonds is 13. The number of hydrogen-bond donors (Lipinski definition) is 0. The van der Waals surface area contributed by atoms with Crippen LogP contribution >= 0.6 is 12.4 Å². The van der Waals surface area contributed by atoms with E-state index in [0.29, 0.717) is 42.3 Å². The molecule has 0 saturated carbocycles. The number of anilines is 1. The zero-order valence-corrected chi connectivity index (χ0v) is 30.3. The van der Waals surface area contributed by atoms with Crippen LogP contribution in [0.1, 0.15) is 54.4 Å². The van der Waals surface area contributed by atoms with Crippen molar-refractivity contribution in [2.75, 3.05) is 72.0 Å². The first-order valence-corrected chi connectivity index (χ1v) is 17.4. The van der Waals surface area contributed by atoms with Gasteiger partial charge in [-0.25, -0.2) is 4.98 Å². The van der Waals surface area contributed by atoms with E-state index in [1.54, 1.807) is 33.5 Å². The zero-order chi connectivity index (χ0) is 34.2. The topological polar surface area (TPSA) is 96.1 Å². The molecule has 0 N–H and O–H groups in total. The molecule has 11 heteroatoms. The molecule has 50 heavy (non-hydrogen) atoms. The third kappa shape index (κ3) is 7.79. The highest BCUT2D eigenvalue weighted by Gasteiger charge is 2.42. The van der Waals surface area contributed by atoms with Crippen LogP contribution in [-0.2, 0) is 12.0 Å². The third-order valence-electron chi connectivity index (χ3n) is 10.3. The summed E-state index contributed by atoms with van der Waals surface area (Å²) in [6.45, 7) is 7.01. The van der Waals surface area contributed by atoms with Crippen LogP contribution in [0, 0.1) is 11.3 Å². The van der Waals surface area contributed by atoms with E-state index in [1.807, 2.05) is 11.0 Å². The lowest BCUT2D eigenvalue weighted by Crippen LogP contribution is -2.39. The molecule has 1 unspecified atom stereocenters. The van der Waals surface area contributed by atoms with E-state index in [2.05, 4.69) is 69.0 Å². The summed E-state index contributed by atoms with van der Waals surface area (Å²) in [7, 11) is 4.70. The lowest BCUT2D eigenvalue weighted by molar-refractivity contribution is 0.0780. The molecule has 0 spiro atoms. The number of benzene rings is 3. The van der Waals surface area contributed by atoms with E-state index in [1.165, 1.54) is 5.56 Å². The van der Waals surface area contributed by atoms with Crippen LogP contribution in [0.15, 0.2) is 66.7 Å². The average Bonchev–Trinajstić information content (AvgIpc) is 3.67. The van der Waals surface area contributed by atoms with Gasteiger partial charge in [-0.1, -0.05) is 42.5 Å². The number of carbonyl (C=O) groups excluding carboxylic acids is 1. The maximum atomic E-state index is 14.0. The van der Waals surface area contributed by atoms with E-state index < -0.39 is 0 Å². The Morgan fingerprint density at radius 3 is 2.34 bits per heavy atom. The maximum Gasteiger partial charge on any atom is 0.254 e. The quantitative estimate of drug-likeness (QED) is 0.145. The first-order chi connectivity index (χ1) is 24.0. The van der Waals surface area contributed by atoms with E-state index in [-0.39, 0.29) is 23.7 Å². The molecular weight excluding hydrogens is 652 g/mol. The van der Waals surface area contributed by atoms with Gasteiger partial charge in [-0.05, 0) is 75.0 Å². The van der Waals surface area contributed by atoms with Gasteiger partial charge in [0.2, 0.25) is 11.7 Å². The molecule has 266 valence electrons. The fourth-order valence-electron chi connectivity index (χ4n) is 7.57. The first kappa shape index (κ1) is 36.8. The van der Waals surface area contributed by atoms with Gasteiger partial charge < -0.3 is 33.5 Å². The monoisotopic (exact) mass is 700 g/mol. The Labute approximate surface area is 301 Å². The van der Waals surface area contributed by atoms with Crippen LogP contribution in [0.5, 0.6) is 17.2 Å². The molecule has 6 rings (SSSR count). The molecule has 0 aliphatic carbocycles. The number of methoxy groups -OCH3 is 3. The van der Waals surface area contributed by atoms with Crippen molar-refractivity contribution in [2.24, 2.45) is 0 Å². The predicted molar refractivity (Wildman–Crippen MR) is 199 cm³/mol. The molecular formula is C39H49ClN6O4. The molecule has 3 heterocycles. The Morgan fingerprint density at radius 1 is 0.880 bits per heavy atom. The maximum absolute atomic E-state index is 14.0. The van der Waals surface area contributed by atoms with E-state index >= 15 is 0 Å². The molecule has 2 fully saturated rings. The number of unbranched alkanes of at least 4 members (excludes halogenated alkanes) is 2. The Hall–Kier alpha value is -4.46. The second-order valence-electron chi connectivity index (χ2n) is 13.1. The number of para-hydroxylation sites is 2. The molecule has 3 aromatic carbocycles. The number of aromatic nitrogens is 2. The number of fused-ring (bicyclic) bond motifs is 1. The number of nitriles is 1. The predicted octanol–water partition coefficient (Wildman–Crippen LogP) is 6.56. The number of hydrogen-bond acceptors (Lipinski definition) is 8. The lowest BCUT2D eigenvalue weighted by Gasteiger charge is -2.33. The van der Waals surface area contributed by atoms with Gasteiger partial charge in [-0.15, -0.1) is 12.4 Å². The van der Waals surface area contributed by atoms with Gasteiger partial charge in [0.15, 0.2) is 11.5 Å². The van der Waals surface area contributed by atoms with Gasteiger partial charge in [0.25, 0.3) is 5.91 Å². The fourth-order valence-corrected chi connectivity index (χ4v) is 7.57. The summed E-state index contributed by atoms with van der Waals surface area (Å²) in [5.41, 5.74) is 3.86. The summed E-state index contributed by atoms with van der Waals surface area (Å²) in [5.74, 6) is 2.44. The number of aryl methyl sites for hydroxylation is 1. The Balaban J connectivity index is 0.00000486. The van der Waals surface area contributed by atoms with Gasteiger partial charge in [-0.3, -0.25) is 4.79 Å². The largest absolute Gasteiger partial charge is 0.493 e. The third-order valence-corrected chi connectivity index (χ3v) is 10.3. The minimum Gasteiger partial charge on any atom is -0.493 e. The molecule has 10 nitrogen and oxygen atoms in total. The molecule has 1 amide bonds. The number of halogens is 1. The summed E-state index contributed by atoms with van der Waals surface area (Å²) in [6.07, 6.45) is 5.37. The molecule has 4 aromatic rings. The number of nitrogens with zero attached hydrogens (tertiary/aromatic N) is 6. The molecule has 2 aliphatic heterocycles. The first-order valence-electron chi connectivity index (χ1n) is 17.4. The molecule has 2 saturated heterocycles. The zero-order valence-electron chi connectivity index (χ0n) is 29.5. The van der Waals surface area contributed by atoms with Crippen molar-refractivity contribution in [3.63, 3.8) is 0 Å². The van der Waals surface area contributed by atoms with E-state index in [0.717, 1.165) is 88.4 Å². The highest BCUT2D eigenvalue weighted by atomic mass is 35.5. The fraction of sp³-hybridized carbons (Fsp3) is 0.462. The Bertz CT molecular complexity index is 1750. The SMILES string of the molecule is COc1cc(C(=O)N2CCC(CCN3CCCN(c4nc5ccccc5n4CCCCC#N)CC3)(c3ccccc3)C2)cc(OC)c1OC.Cl. The molecule has 1 aromatic heterocycles. The second-order valence-corrected chi connectivity index (χ2v) is 13.1. The van der Waals surface area contributed by atoms with Crippen molar-refractivity contribution in [2.45, 2.75) is 50.5 Å². The van der Waals surface area contributed by atoms with Gasteiger partial charge in [0.05, 0.1) is 38.4 Å². The number of likely N-dealkylation sites (tertiary alicyclic amines) is 1. The summed E-state index contributed by atoms with van der Waals surface area (Å²) in [5, 5.41) is 9.03. The number of amides is 1. The standard InChI is InChI=1S/C39H48N6O4.ClH/c1-47-34-27-30(28-35(48-2)36(34)49-3)37(46)44-24-18-39(29-44,31-13-6-4-7-14-31)17-23-42-20-12-21-43(26-25-42)38-41-32-15-8-9-16-33(32)45(38)22-11-5-10-19-40;/h4,6-9,13-16,27-28H,5,10-12,17-18,20-26,29H2,1-3H3;1H.